The molecule has 34 heavy (non-hydrogen) atoms. The molecule has 0 aliphatic carbocycles. The van der Waals surface area contributed by atoms with Crippen LogP contribution in [0.2, 0.25) is 0 Å². The summed E-state index contributed by atoms with van der Waals surface area (Å²) in [5.41, 5.74) is 4.28. The Balaban J connectivity index is 2.38. The molecule has 0 spiro atoms. The van der Waals surface area contributed by atoms with Crippen LogP contribution in [0.4, 0.5) is 5.69 Å². The predicted molar refractivity (Wildman–Crippen MR) is 137 cm³/mol. The molecule has 2 aromatic carbocycles. The molecule has 0 bridgehead atoms. The zero-order chi connectivity index (χ0) is 25.5. The number of nitrogens with zero attached hydrogens (tertiary/aromatic N) is 2. The maximum atomic E-state index is 13.6. The second-order valence-electron chi connectivity index (χ2n) is 8.81. The van der Waals surface area contributed by atoms with Gasteiger partial charge in [-0.15, -0.1) is 0 Å². The monoisotopic (exact) mass is 487 g/mol. The smallest absolute Gasteiger partial charge is 0.244 e. The number of carbonyl (C=O) groups is 2. The zero-order valence-corrected chi connectivity index (χ0v) is 21.9. The van der Waals surface area contributed by atoms with Crippen molar-refractivity contribution in [1.29, 1.82) is 0 Å². The van der Waals surface area contributed by atoms with E-state index in [0.29, 0.717) is 12.2 Å². The molecule has 8 heteroatoms. The van der Waals surface area contributed by atoms with E-state index >= 15 is 0 Å². The topological polar surface area (TPSA) is 86.8 Å². The van der Waals surface area contributed by atoms with Gasteiger partial charge in [-0.05, 0) is 68.5 Å². The molecule has 0 aliphatic rings. The van der Waals surface area contributed by atoms with Gasteiger partial charge in [-0.1, -0.05) is 43.7 Å². The Bertz CT molecular complexity index is 1110. The van der Waals surface area contributed by atoms with Gasteiger partial charge in [0.1, 0.15) is 12.6 Å². The van der Waals surface area contributed by atoms with Crippen molar-refractivity contribution in [2.75, 3.05) is 23.7 Å². The summed E-state index contributed by atoms with van der Waals surface area (Å²) in [4.78, 5) is 27.9. The highest BCUT2D eigenvalue weighted by molar-refractivity contribution is 7.92. The third-order valence-electron chi connectivity index (χ3n) is 6.06. The van der Waals surface area contributed by atoms with Crippen LogP contribution in [-0.2, 0) is 26.2 Å². The fourth-order valence-electron chi connectivity index (χ4n) is 3.58. The summed E-state index contributed by atoms with van der Waals surface area (Å²) < 4.78 is 26.4. The largest absolute Gasteiger partial charge is 0.354 e. The number of rotatable bonds is 11. The van der Waals surface area contributed by atoms with Crippen LogP contribution in [0, 0.1) is 20.8 Å². The molecule has 1 atom stereocenters. The highest BCUT2D eigenvalue weighted by Crippen LogP contribution is 2.22. The average molecular weight is 488 g/mol. The maximum Gasteiger partial charge on any atom is 0.244 e. The first-order valence-electron chi connectivity index (χ1n) is 11.6. The van der Waals surface area contributed by atoms with Crippen LogP contribution in [0.25, 0.3) is 0 Å². The molecule has 2 amide bonds. The Labute approximate surface area is 204 Å². The number of aryl methyl sites for hydroxylation is 3. The Morgan fingerprint density at radius 1 is 1.00 bits per heavy atom. The van der Waals surface area contributed by atoms with Crippen molar-refractivity contribution in [3.05, 3.63) is 64.7 Å². The van der Waals surface area contributed by atoms with E-state index in [9.17, 15) is 18.0 Å². The Kier molecular flexibility index (Phi) is 9.67. The summed E-state index contributed by atoms with van der Waals surface area (Å²) in [7, 11) is -3.74. The summed E-state index contributed by atoms with van der Waals surface area (Å²) in [5, 5.41) is 2.88. The van der Waals surface area contributed by atoms with E-state index in [1.165, 1.54) is 4.90 Å². The molecule has 1 N–H and O–H groups in total. The molecule has 2 rings (SSSR count). The Morgan fingerprint density at radius 3 is 2.26 bits per heavy atom. The van der Waals surface area contributed by atoms with Crippen molar-refractivity contribution in [3.8, 4) is 0 Å². The minimum Gasteiger partial charge on any atom is -0.354 e. The Morgan fingerprint density at radius 2 is 1.68 bits per heavy atom. The van der Waals surface area contributed by atoms with Gasteiger partial charge in [0.05, 0.1) is 11.9 Å². The summed E-state index contributed by atoms with van der Waals surface area (Å²) in [5.74, 6) is -0.697. The fraction of sp³-hybridized carbons (Fsp3) is 0.462. The number of benzene rings is 2. The van der Waals surface area contributed by atoms with Gasteiger partial charge in [-0.3, -0.25) is 13.9 Å². The molecule has 0 fully saturated rings. The Hall–Kier alpha value is -2.87. The van der Waals surface area contributed by atoms with E-state index in [1.54, 1.807) is 19.1 Å². The van der Waals surface area contributed by atoms with Crippen LogP contribution in [0.5, 0.6) is 0 Å². The summed E-state index contributed by atoms with van der Waals surface area (Å²) in [6.45, 7) is 9.85. The number of hydrogen-bond donors (Lipinski definition) is 1. The number of hydrogen-bond acceptors (Lipinski definition) is 4. The quantitative estimate of drug-likeness (QED) is 0.490. The molecule has 0 saturated carbocycles. The van der Waals surface area contributed by atoms with Crippen LogP contribution >= 0.6 is 0 Å². The highest BCUT2D eigenvalue weighted by atomic mass is 32.2. The molecule has 1 unspecified atom stereocenters. The van der Waals surface area contributed by atoms with Crippen LogP contribution in [-0.4, -0.2) is 50.5 Å². The molecule has 2 aromatic rings. The number of unbranched alkanes of at least 4 members (excludes halogenated alkanes) is 1. The van der Waals surface area contributed by atoms with Gasteiger partial charge < -0.3 is 10.2 Å². The first-order chi connectivity index (χ1) is 16.0. The van der Waals surface area contributed by atoms with Gasteiger partial charge in [0.15, 0.2) is 0 Å². The fourth-order valence-corrected chi connectivity index (χ4v) is 4.43. The normalized spacial score (nSPS) is 12.2. The summed E-state index contributed by atoms with van der Waals surface area (Å²) >= 11 is 0. The minimum atomic E-state index is -3.74. The van der Waals surface area contributed by atoms with Gasteiger partial charge in [0, 0.05) is 13.1 Å². The van der Waals surface area contributed by atoms with Gasteiger partial charge in [0.25, 0.3) is 0 Å². The molecule has 186 valence electrons. The van der Waals surface area contributed by atoms with E-state index in [0.717, 1.165) is 45.7 Å². The lowest BCUT2D eigenvalue weighted by Crippen LogP contribution is -2.51. The van der Waals surface area contributed by atoms with E-state index in [1.807, 2.05) is 58.0 Å². The molecular weight excluding hydrogens is 450 g/mol. The lowest BCUT2D eigenvalue weighted by molar-refractivity contribution is -0.139. The maximum absolute atomic E-state index is 13.6. The lowest BCUT2D eigenvalue weighted by atomic mass is 10.1. The molecular formula is C26H37N3O4S. The van der Waals surface area contributed by atoms with E-state index in [-0.39, 0.29) is 19.0 Å². The molecule has 0 aliphatic heterocycles. The van der Waals surface area contributed by atoms with Gasteiger partial charge >= 0.3 is 0 Å². The number of nitrogens with one attached hydrogen (secondary N) is 1. The molecule has 0 saturated heterocycles. The lowest BCUT2D eigenvalue weighted by Gasteiger charge is -2.32. The van der Waals surface area contributed by atoms with Crippen molar-refractivity contribution in [3.63, 3.8) is 0 Å². The van der Waals surface area contributed by atoms with Crippen LogP contribution in [0.15, 0.2) is 42.5 Å². The SMILES string of the molecule is CCCCNC(=O)C(C)N(Cc1ccccc1C)C(=O)CN(c1ccc(C)c(C)c1)S(C)(=O)=O. The van der Waals surface area contributed by atoms with Crippen LogP contribution in [0.3, 0.4) is 0 Å². The van der Waals surface area contributed by atoms with Gasteiger partial charge in [-0.25, -0.2) is 8.42 Å². The first-order valence-corrected chi connectivity index (χ1v) is 13.5. The second kappa shape index (κ2) is 12.0. The van der Waals surface area contributed by atoms with Crippen LogP contribution in [0.1, 0.15) is 48.9 Å². The standard InChI is InChI=1S/C26H37N3O4S/c1-7-8-15-27-26(31)22(5)28(17-23-12-10-9-11-20(23)3)25(30)18-29(34(6,32)33)24-14-13-19(2)21(4)16-24/h9-14,16,22H,7-8,15,17-18H2,1-6H3,(H,27,31). The zero-order valence-electron chi connectivity index (χ0n) is 21.1. The van der Waals surface area contributed by atoms with Crippen molar-refractivity contribution >= 4 is 27.5 Å². The van der Waals surface area contributed by atoms with Crippen LogP contribution < -0.4 is 9.62 Å². The summed E-state index contributed by atoms with van der Waals surface area (Å²) in [6, 6.07) is 12.2. The second-order valence-corrected chi connectivity index (χ2v) is 10.7. The van der Waals surface area contributed by atoms with E-state index in [2.05, 4.69) is 5.32 Å². The van der Waals surface area contributed by atoms with Gasteiger partial charge in [0.2, 0.25) is 21.8 Å². The molecule has 0 aromatic heterocycles. The van der Waals surface area contributed by atoms with E-state index < -0.39 is 22.0 Å². The number of anilines is 1. The van der Waals surface area contributed by atoms with Crippen molar-refractivity contribution in [2.24, 2.45) is 0 Å². The summed E-state index contributed by atoms with van der Waals surface area (Å²) in [6.07, 6.45) is 2.88. The molecule has 0 radical (unpaired) electrons. The van der Waals surface area contributed by atoms with E-state index in [4.69, 9.17) is 0 Å². The number of sulfonamides is 1. The molecule has 0 heterocycles. The third-order valence-corrected chi connectivity index (χ3v) is 7.20. The van der Waals surface area contributed by atoms with Crippen molar-refractivity contribution in [1.82, 2.24) is 10.2 Å². The molecule has 7 nitrogen and oxygen atoms in total. The third kappa shape index (κ3) is 7.32. The first kappa shape index (κ1) is 27.4. The number of carbonyl (C=O) groups excluding carboxylic acids is 2. The predicted octanol–water partition coefficient (Wildman–Crippen LogP) is 3.71. The number of amides is 2. The highest BCUT2D eigenvalue weighted by Gasteiger charge is 2.30. The van der Waals surface area contributed by atoms with Gasteiger partial charge in [-0.2, -0.15) is 0 Å². The average Bonchev–Trinajstić information content (AvgIpc) is 2.77. The van der Waals surface area contributed by atoms with Crippen molar-refractivity contribution < 1.29 is 18.0 Å². The minimum absolute atomic E-state index is 0.207. The van der Waals surface area contributed by atoms with Crippen molar-refractivity contribution in [2.45, 2.75) is 60.0 Å².